The lowest BCUT2D eigenvalue weighted by Crippen LogP contribution is -2.55. The molecule has 1 aromatic heterocycles. The Hall–Kier alpha value is -6.60. The van der Waals surface area contributed by atoms with E-state index in [-0.39, 0.29) is 47.3 Å². The number of pyridine rings is 1. The van der Waals surface area contributed by atoms with Gasteiger partial charge in [0, 0.05) is 68.4 Å². The van der Waals surface area contributed by atoms with Gasteiger partial charge in [0.2, 0.25) is 5.56 Å². The summed E-state index contributed by atoms with van der Waals surface area (Å²) in [5, 5.41) is 25.1. The van der Waals surface area contributed by atoms with E-state index < -0.39 is 11.5 Å². The molecule has 4 aliphatic rings. The highest BCUT2D eigenvalue weighted by molar-refractivity contribution is 5.95. The number of piperidine rings is 4. The van der Waals surface area contributed by atoms with E-state index in [9.17, 15) is 29.4 Å². The van der Waals surface area contributed by atoms with Gasteiger partial charge in [-0.3, -0.25) is 24.1 Å². The molecule has 2 atom stereocenters. The van der Waals surface area contributed by atoms with Crippen LogP contribution >= 0.6 is 0 Å². The molecule has 0 aliphatic carbocycles. The van der Waals surface area contributed by atoms with Gasteiger partial charge in [0.05, 0.1) is 17.0 Å². The highest BCUT2D eigenvalue weighted by Crippen LogP contribution is 2.40. The molecule has 6 aromatic rings. The van der Waals surface area contributed by atoms with E-state index in [2.05, 4.69) is 15.2 Å². The number of H-pyrrole nitrogens is 1. The predicted octanol–water partition coefficient (Wildman–Crippen LogP) is 6.71. The van der Waals surface area contributed by atoms with Gasteiger partial charge >= 0.3 is 5.97 Å². The lowest BCUT2D eigenvalue weighted by Gasteiger charge is -2.46. The third kappa shape index (κ3) is 9.61. The van der Waals surface area contributed by atoms with Crippen molar-refractivity contribution in [1.29, 1.82) is 0 Å². The maximum Gasteiger partial charge on any atom is 0.317 e. The maximum absolute atomic E-state index is 14.2. The Morgan fingerprint density at radius 2 is 1.38 bits per heavy atom. The first-order valence-electron chi connectivity index (χ1n) is 22.7. The number of carbonyl (C=O) groups is 3. The number of likely N-dealkylation sites (tertiary alicyclic amines) is 1. The number of phenols is 1. The molecule has 65 heavy (non-hydrogen) atoms. The fraction of sp³-hybridized carbons (Fsp3) is 0.321. The van der Waals surface area contributed by atoms with Crippen molar-refractivity contribution in [2.45, 2.75) is 62.9 Å². The number of aliphatic hydroxyl groups excluding tert-OH is 1. The zero-order valence-electron chi connectivity index (χ0n) is 36.4. The fourth-order valence-corrected chi connectivity index (χ4v) is 9.87. The number of amides is 2. The molecule has 0 radical (unpaired) electrons. The van der Waals surface area contributed by atoms with Crippen molar-refractivity contribution in [3.8, 4) is 5.75 Å². The molecule has 12 nitrogen and oxygen atoms in total. The maximum atomic E-state index is 14.2. The number of hydrogen-bond donors (Lipinski definition) is 4. The Morgan fingerprint density at radius 3 is 2.03 bits per heavy atom. The molecule has 4 N–H and O–H groups in total. The number of benzene rings is 5. The second-order valence-corrected chi connectivity index (χ2v) is 17.8. The number of ether oxygens (including phenoxy) is 1. The summed E-state index contributed by atoms with van der Waals surface area (Å²) in [5.74, 6) is -0.0141. The number of aliphatic hydroxyl groups is 1. The van der Waals surface area contributed by atoms with Gasteiger partial charge in [-0.05, 0) is 109 Å². The molecule has 2 amide bonds. The summed E-state index contributed by atoms with van der Waals surface area (Å²) in [4.78, 5) is 62.5. The van der Waals surface area contributed by atoms with Gasteiger partial charge in [-0.15, -0.1) is 0 Å². The molecular formula is C53H55N5O7. The van der Waals surface area contributed by atoms with Crippen molar-refractivity contribution in [3.05, 3.63) is 183 Å². The normalized spacial score (nSPS) is 19.4. The zero-order chi connectivity index (χ0) is 44.9. The van der Waals surface area contributed by atoms with Gasteiger partial charge in [0.1, 0.15) is 11.9 Å². The van der Waals surface area contributed by atoms with Gasteiger partial charge in [0.15, 0.2) is 0 Å². The number of nitrogens with one attached hydrogen (secondary N) is 2. The van der Waals surface area contributed by atoms with E-state index in [4.69, 9.17) is 4.74 Å². The first kappa shape index (κ1) is 43.6. The van der Waals surface area contributed by atoms with Crippen molar-refractivity contribution in [2.75, 3.05) is 39.3 Å². The van der Waals surface area contributed by atoms with E-state index in [1.54, 1.807) is 17.0 Å². The van der Waals surface area contributed by atoms with Crippen LogP contribution in [0.4, 0.5) is 0 Å². The third-order valence-electron chi connectivity index (χ3n) is 13.7. The molecule has 2 bridgehead atoms. The predicted molar refractivity (Wildman–Crippen MR) is 248 cm³/mol. The number of esters is 1. The van der Waals surface area contributed by atoms with Crippen molar-refractivity contribution in [2.24, 2.45) is 5.92 Å². The van der Waals surface area contributed by atoms with Crippen LogP contribution in [0.1, 0.15) is 80.3 Å². The minimum Gasteiger partial charge on any atom is -0.506 e. The molecule has 5 heterocycles. The largest absolute Gasteiger partial charge is 0.506 e. The van der Waals surface area contributed by atoms with Crippen LogP contribution in [0, 0.1) is 5.92 Å². The van der Waals surface area contributed by atoms with Crippen LogP contribution < -0.4 is 10.9 Å². The van der Waals surface area contributed by atoms with Crippen LogP contribution in [0.5, 0.6) is 5.75 Å². The number of aromatic hydroxyl groups is 1. The smallest absolute Gasteiger partial charge is 0.317 e. The highest BCUT2D eigenvalue weighted by Gasteiger charge is 2.47. The average Bonchev–Trinajstić information content (AvgIpc) is 3.35. The van der Waals surface area contributed by atoms with Crippen LogP contribution in [0.2, 0.25) is 0 Å². The molecule has 0 spiro atoms. The molecule has 5 aromatic carbocycles. The van der Waals surface area contributed by atoms with Crippen LogP contribution in [-0.2, 0) is 34.6 Å². The van der Waals surface area contributed by atoms with Crippen molar-refractivity contribution < 1.29 is 29.3 Å². The van der Waals surface area contributed by atoms with Crippen molar-refractivity contribution >= 4 is 28.7 Å². The van der Waals surface area contributed by atoms with Gasteiger partial charge in [0.25, 0.3) is 11.8 Å². The number of aromatic nitrogens is 1. The van der Waals surface area contributed by atoms with E-state index in [0.29, 0.717) is 73.6 Å². The summed E-state index contributed by atoms with van der Waals surface area (Å²) in [5.41, 5.74) is 4.64. The second-order valence-electron chi connectivity index (χ2n) is 17.8. The SMILES string of the molecule is O=C(c1ccc(CN(Cc2ccc(CNCC(O)c3ccc(O)c4[nH]c(=O)ccc34)cc2)C(=O)c2ccccc2)cc1)N1CCC(C(=O)O[C@H]2CN3CCC2CC3)(c2ccccc2)CC1. The first-order chi connectivity index (χ1) is 31.6. The summed E-state index contributed by atoms with van der Waals surface area (Å²) in [6.45, 7) is 5.23. The lowest BCUT2D eigenvalue weighted by atomic mass is 9.72. The number of carbonyl (C=O) groups excluding carboxylic acids is 3. The van der Waals surface area contributed by atoms with E-state index >= 15 is 0 Å². The van der Waals surface area contributed by atoms with Gasteiger partial charge in [-0.25, -0.2) is 0 Å². The Morgan fingerprint density at radius 1 is 0.754 bits per heavy atom. The van der Waals surface area contributed by atoms with Crippen LogP contribution in [0.3, 0.4) is 0 Å². The molecule has 10 rings (SSSR count). The molecule has 4 fully saturated rings. The third-order valence-corrected chi connectivity index (χ3v) is 13.7. The van der Waals surface area contributed by atoms with E-state index in [1.165, 1.54) is 12.1 Å². The summed E-state index contributed by atoms with van der Waals surface area (Å²) in [6.07, 6.45) is 2.15. The number of fused-ring (bicyclic) bond motifs is 4. The van der Waals surface area contributed by atoms with E-state index in [1.807, 2.05) is 114 Å². The summed E-state index contributed by atoms with van der Waals surface area (Å²) < 4.78 is 6.35. The van der Waals surface area contributed by atoms with E-state index in [0.717, 1.165) is 54.7 Å². The topological polar surface area (TPSA) is 156 Å². The summed E-state index contributed by atoms with van der Waals surface area (Å²) in [6, 6.07) is 40.6. The summed E-state index contributed by atoms with van der Waals surface area (Å²) in [7, 11) is 0. The molecule has 4 aliphatic heterocycles. The molecular weight excluding hydrogens is 819 g/mol. The number of rotatable bonds is 14. The van der Waals surface area contributed by atoms with Crippen molar-refractivity contribution in [3.63, 3.8) is 0 Å². The van der Waals surface area contributed by atoms with Gasteiger partial charge in [-0.1, -0.05) is 91.0 Å². The first-order valence-corrected chi connectivity index (χ1v) is 22.7. The molecule has 4 saturated heterocycles. The van der Waals surface area contributed by atoms with Crippen molar-refractivity contribution in [1.82, 2.24) is 25.0 Å². The zero-order valence-corrected chi connectivity index (χ0v) is 36.4. The fourth-order valence-electron chi connectivity index (χ4n) is 9.87. The molecule has 334 valence electrons. The number of hydrogen-bond acceptors (Lipinski definition) is 9. The number of phenolic OH excluding ortho intramolecular Hbond substituents is 1. The molecule has 12 heteroatoms. The lowest BCUT2D eigenvalue weighted by molar-refractivity contribution is -0.167. The van der Waals surface area contributed by atoms with Gasteiger partial charge < -0.3 is 35.1 Å². The Balaban J connectivity index is 0.826. The van der Waals surface area contributed by atoms with Crippen LogP contribution in [-0.4, -0.2) is 93.1 Å². The monoisotopic (exact) mass is 873 g/mol. The second kappa shape index (κ2) is 19.2. The Kier molecular flexibility index (Phi) is 12.9. The average molecular weight is 874 g/mol. The quantitative estimate of drug-likeness (QED) is 0.0875. The number of nitrogens with zero attached hydrogens (tertiary/aromatic N) is 3. The van der Waals surface area contributed by atoms with Crippen LogP contribution in [0.25, 0.3) is 10.9 Å². The summed E-state index contributed by atoms with van der Waals surface area (Å²) >= 11 is 0. The minimum atomic E-state index is -0.880. The van der Waals surface area contributed by atoms with Crippen LogP contribution in [0.15, 0.2) is 138 Å². The van der Waals surface area contributed by atoms with Gasteiger partial charge in [-0.2, -0.15) is 0 Å². The standard InChI is InChI=1S/C53H55N5O7/c59-45-21-19-43(44-20-22-48(61)55-49(44)45)46(60)32-54-31-36-11-13-37(14-12-36)33-58(51(63)40-7-3-1-4-8-40)34-38-15-17-41(18-16-38)50(62)57-29-25-53(26-30-57,42-9-5-2-6-10-42)52(64)65-47-35-56-27-23-39(47)24-28-56/h1-22,39,46-47,54,59-60H,23-35H2,(H,55,61)/t46?,47-/m0/s1. The minimum absolute atomic E-state index is 0.0588. The number of aromatic amines is 1. The highest BCUT2D eigenvalue weighted by atomic mass is 16.5. The Bertz CT molecular complexity index is 2670. The Labute approximate surface area is 378 Å². The molecule has 0 saturated carbocycles. The molecule has 1 unspecified atom stereocenters.